The van der Waals surface area contributed by atoms with Crippen LogP contribution in [0.1, 0.15) is 17.9 Å². The van der Waals surface area contributed by atoms with Crippen LogP contribution in [0.25, 0.3) is 0 Å². The van der Waals surface area contributed by atoms with E-state index in [0.717, 1.165) is 5.56 Å². The predicted octanol–water partition coefficient (Wildman–Crippen LogP) is 3.23. The van der Waals surface area contributed by atoms with Crippen molar-refractivity contribution >= 4 is 23.5 Å². The third-order valence-electron chi connectivity index (χ3n) is 4.26. The Labute approximate surface area is 154 Å². The Bertz CT molecular complexity index is 811. The van der Waals surface area contributed by atoms with E-state index >= 15 is 0 Å². The van der Waals surface area contributed by atoms with Crippen LogP contribution in [-0.2, 0) is 9.59 Å². The Morgan fingerprint density at radius 2 is 1.92 bits per heavy atom. The first-order chi connectivity index (χ1) is 12.5. The van der Waals surface area contributed by atoms with Crippen molar-refractivity contribution in [2.24, 2.45) is 5.92 Å². The normalized spacial score (nSPS) is 19.5. The number of carboxylic acid groups (broad SMARTS) is 1. The number of carboxylic acids is 1. The van der Waals surface area contributed by atoms with Crippen LogP contribution in [0.4, 0.5) is 4.39 Å². The van der Waals surface area contributed by atoms with Gasteiger partial charge in [0.15, 0.2) is 0 Å². The van der Waals surface area contributed by atoms with Crippen molar-refractivity contribution < 1.29 is 23.8 Å². The highest BCUT2D eigenvalue weighted by Crippen LogP contribution is 2.49. The fourth-order valence-electron chi connectivity index (χ4n) is 2.79. The summed E-state index contributed by atoms with van der Waals surface area (Å²) >= 11 is 6.14. The Hall–Kier alpha value is -2.60. The highest BCUT2D eigenvalue weighted by molar-refractivity contribution is 6.31. The predicted molar refractivity (Wildman–Crippen MR) is 93.8 cm³/mol. The average Bonchev–Trinajstić information content (AvgIpc) is 3.40. The minimum atomic E-state index is -1.26. The molecule has 0 spiro atoms. The molecule has 5 nitrogen and oxygen atoms in total. The Balaban J connectivity index is 1.55. The molecule has 1 saturated carbocycles. The molecule has 0 aliphatic heterocycles. The van der Waals surface area contributed by atoms with Gasteiger partial charge in [-0.25, -0.2) is 9.18 Å². The largest absolute Gasteiger partial charge is 0.478 e. The van der Waals surface area contributed by atoms with Crippen LogP contribution < -0.4 is 10.1 Å². The number of nitrogens with one attached hydrogen (secondary N) is 1. The number of halogens is 2. The van der Waals surface area contributed by atoms with E-state index in [9.17, 15) is 19.1 Å². The van der Waals surface area contributed by atoms with Crippen LogP contribution in [0, 0.1) is 11.7 Å². The highest BCUT2D eigenvalue weighted by atomic mass is 35.5. The second kappa shape index (κ2) is 7.74. The quantitative estimate of drug-likeness (QED) is 0.776. The van der Waals surface area contributed by atoms with Crippen molar-refractivity contribution in [2.75, 3.05) is 6.54 Å². The van der Waals surface area contributed by atoms with Crippen molar-refractivity contribution in [3.63, 3.8) is 0 Å². The van der Waals surface area contributed by atoms with Gasteiger partial charge >= 0.3 is 5.97 Å². The molecule has 0 radical (unpaired) electrons. The molecule has 2 N–H and O–H groups in total. The van der Waals surface area contributed by atoms with E-state index < -0.39 is 17.9 Å². The fraction of sp³-hybridized carbons (Fsp3) is 0.263. The third-order valence-corrected chi connectivity index (χ3v) is 4.61. The first kappa shape index (κ1) is 18.2. The maximum absolute atomic E-state index is 12.9. The van der Waals surface area contributed by atoms with Crippen LogP contribution in [-0.4, -0.2) is 29.6 Å². The molecule has 3 unspecified atom stereocenters. The van der Waals surface area contributed by atoms with Gasteiger partial charge in [-0.3, -0.25) is 4.79 Å². The van der Waals surface area contributed by atoms with E-state index in [4.69, 9.17) is 16.3 Å². The number of amides is 1. The van der Waals surface area contributed by atoms with Gasteiger partial charge in [-0.2, -0.15) is 0 Å². The lowest BCUT2D eigenvalue weighted by atomic mass is 10.1. The number of benzene rings is 2. The van der Waals surface area contributed by atoms with Gasteiger partial charge in [-0.1, -0.05) is 29.8 Å². The van der Waals surface area contributed by atoms with Crippen LogP contribution in [0.5, 0.6) is 5.75 Å². The van der Waals surface area contributed by atoms with E-state index in [1.807, 2.05) is 18.2 Å². The van der Waals surface area contributed by atoms with Crippen LogP contribution in [0.15, 0.2) is 48.5 Å². The summed E-state index contributed by atoms with van der Waals surface area (Å²) in [4.78, 5) is 23.6. The lowest BCUT2D eigenvalue weighted by Crippen LogP contribution is -2.41. The molecule has 0 aromatic heterocycles. The van der Waals surface area contributed by atoms with E-state index in [2.05, 4.69) is 5.32 Å². The van der Waals surface area contributed by atoms with Gasteiger partial charge < -0.3 is 15.2 Å². The van der Waals surface area contributed by atoms with Gasteiger partial charge in [-0.05, 0) is 48.2 Å². The summed E-state index contributed by atoms with van der Waals surface area (Å²) in [6.07, 6.45) is -0.589. The van der Waals surface area contributed by atoms with Crippen LogP contribution in [0.3, 0.4) is 0 Å². The summed E-state index contributed by atoms with van der Waals surface area (Å²) in [6, 6.07) is 12.4. The van der Waals surface area contributed by atoms with E-state index in [0.29, 0.717) is 11.4 Å². The smallest absolute Gasteiger partial charge is 0.346 e. The third kappa shape index (κ3) is 4.32. The zero-order valence-corrected chi connectivity index (χ0v) is 14.4. The minimum absolute atomic E-state index is 0.0463. The maximum Gasteiger partial charge on any atom is 0.346 e. The molecule has 1 aliphatic rings. The second-order valence-corrected chi connectivity index (χ2v) is 6.52. The Kier molecular flexibility index (Phi) is 5.42. The summed E-state index contributed by atoms with van der Waals surface area (Å²) in [5.74, 6) is -1.86. The minimum Gasteiger partial charge on any atom is -0.478 e. The lowest BCUT2D eigenvalue weighted by Gasteiger charge is -2.16. The zero-order chi connectivity index (χ0) is 18.7. The van der Waals surface area contributed by atoms with E-state index in [1.54, 1.807) is 6.07 Å². The first-order valence-corrected chi connectivity index (χ1v) is 8.50. The van der Waals surface area contributed by atoms with Crippen LogP contribution in [0.2, 0.25) is 5.02 Å². The topological polar surface area (TPSA) is 75.6 Å². The molecule has 0 saturated heterocycles. The maximum atomic E-state index is 12.9. The average molecular weight is 378 g/mol. The Morgan fingerprint density at radius 3 is 2.58 bits per heavy atom. The van der Waals surface area contributed by atoms with Gasteiger partial charge in [0.05, 0.1) is 6.54 Å². The molecule has 0 bridgehead atoms. The zero-order valence-electron chi connectivity index (χ0n) is 13.7. The van der Waals surface area contributed by atoms with E-state index in [-0.39, 0.29) is 30.0 Å². The summed E-state index contributed by atoms with van der Waals surface area (Å²) in [6.45, 7) is -0.183. The lowest BCUT2D eigenvalue weighted by molar-refractivity contribution is -0.145. The van der Waals surface area contributed by atoms with E-state index in [1.165, 1.54) is 24.3 Å². The van der Waals surface area contributed by atoms with Crippen molar-refractivity contribution in [2.45, 2.75) is 18.4 Å². The van der Waals surface area contributed by atoms with Gasteiger partial charge in [0.2, 0.25) is 12.0 Å². The number of ether oxygens (including phenoxy) is 1. The number of carbonyl (C=O) groups is 2. The monoisotopic (exact) mass is 377 g/mol. The molecular formula is C19H17ClFNO4. The second-order valence-electron chi connectivity index (χ2n) is 6.11. The molecule has 26 heavy (non-hydrogen) atoms. The molecule has 136 valence electrons. The molecule has 7 heteroatoms. The number of hydrogen-bond acceptors (Lipinski definition) is 3. The fourth-order valence-corrected chi connectivity index (χ4v) is 3.06. The molecule has 2 aromatic rings. The van der Waals surface area contributed by atoms with Crippen molar-refractivity contribution in [3.8, 4) is 5.75 Å². The standard InChI is InChI=1S/C19H17ClFNO4/c20-16-4-2-1-3-13(16)14-9-15(14)18(23)22-10-17(19(24)25)26-12-7-5-11(21)6-8-12/h1-8,14-15,17H,9-10H2,(H,22,23)(H,24,25). The van der Waals surface area contributed by atoms with Gasteiger partial charge in [0.1, 0.15) is 11.6 Å². The molecular weight excluding hydrogens is 361 g/mol. The van der Waals surface area contributed by atoms with Crippen molar-refractivity contribution in [3.05, 3.63) is 64.9 Å². The number of rotatable bonds is 7. The number of carbonyl (C=O) groups excluding carboxylic acids is 1. The van der Waals surface area contributed by atoms with Crippen molar-refractivity contribution in [1.29, 1.82) is 0 Å². The Morgan fingerprint density at radius 1 is 1.23 bits per heavy atom. The SMILES string of the molecule is O=C(O)C(CNC(=O)C1CC1c1ccccc1Cl)Oc1ccc(F)cc1. The summed E-state index contributed by atoms with van der Waals surface area (Å²) in [5.41, 5.74) is 0.923. The first-order valence-electron chi connectivity index (χ1n) is 8.13. The van der Waals surface area contributed by atoms with Gasteiger partial charge in [-0.15, -0.1) is 0 Å². The van der Waals surface area contributed by atoms with Gasteiger partial charge in [0, 0.05) is 10.9 Å². The van der Waals surface area contributed by atoms with Gasteiger partial charge in [0.25, 0.3) is 0 Å². The highest BCUT2D eigenvalue weighted by Gasteiger charge is 2.44. The summed E-state index contributed by atoms with van der Waals surface area (Å²) < 4.78 is 18.2. The summed E-state index contributed by atoms with van der Waals surface area (Å²) in [5, 5.41) is 12.5. The molecule has 2 aromatic carbocycles. The van der Waals surface area contributed by atoms with Crippen LogP contribution >= 0.6 is 11.6 Å². The van der Waals surface area contributed by atoms with Crippen molar-refractivity contribution in [1.82, 2.24) is 5.32 Å². The molecule has 0 heterocycles. The summed E-state index contributed by atoms with van der Waals surface area (Å²) in [7, 11) is 0. The number of aliphatic carboxylic acids is 1. The molecule has 3 rings (SSSR count). The molecule has 1 fully saturated rings. The molecule has 3 atom stereocenters. The number of hydrogen-bond donors (Lipinski definition) is 2. The molecule has 1 amide bonds. The molecule has 1 aliphatic carbocycles.